The third kappa shape index (κ3) is 2.83. The topological polar surface area (TPSA) is 38.1 Å². The molecule has 0 amide bonds. The van der Waals surface area contributed by atoms with E-state index in [-0.39, 0.29) is 6.04 Å². The quantitative estimate of drug-likeness (QED) is 0.766. The molecule has 3 aromatic rings. The summed E-state index contributed by atoms with van der Waals surface area (Å²) in [4.78, 5) is 4.44. The molecular formula is C18H20N2O. The van der Waals surface area contributed by atoms with E-state index in [1.54, 1.807) is 6.26 Å². The van der Waals surface area contributed by atoms with Gasteiger partial charge < -0.3 is 9.73 Å². The van der Waals surface area contributed by atoms with Crippen molar-refractivity contribution in [3.8, 4) is 0 Å². The molecular weight excluding hydrogens is 260 g/mol. The van der Waals surface area contributed by atoms with Crippen molar-refractivity contribution in [1.29, 1.82) is 0 Å². The summed E-state index contributed by atoms with van der Waals surface area (Å²) < 4.78 is 5.46. The van der Waals surface area contributed by atoms with Crippen LogP contribution in [0.15, 0.2) is 53.3 Å². The molecule has 108 valence electrons. The molecule has 3 rings (SSSR count). The normalized spacial score (nSPS) is 12.7. The number of rotatable bonds is 5. The first kappa shape index (κ1) is 13.8. The van der Waals surface area contributed by atoms with Gasteiger partial charge in [-0.3, -0.25) is 4.98 Å². The zero-order valence-corrected chi connectivity index (χ0v) is 12.5. The molecule has 2 heterocycles. The minimum Gasteiger partial charge on any atom is -0.469 e. The summed E-state index contributed by atoms with van der Waals surface area (Å²) in [6.07, 6.45) is 4.58. The van der Waals surface area contributed by atoms with Crippen LogP contribution in [-0.2, 0) is 6.42 Å². The Balaban J connectivity index is 1.97. The molecule has 0 aliphatic rings. The van der Waals surface area contributed by atoms with Gasteiger partial charge in [0.05, 0.1) is 11.8 Å². The summed E-state index contributed by atoms with van der Waals surface area (Å²) in [6, 6.07) is 12.7. The van der Waals surface area contributed by atoms with Gasteiger partial charge in [-0.2, -0.15) is 0 Å². The maximum absolute atomic E-state index is 5.46. The molecule has 1 unspecified atom stereocenters. The fourth-order valence-corrected chi connectivity index (χ4v) is 2.85. The lowest BCUT2D eigenvalue weighted by Crippen LogP contribution is -2.23. The summed E-state index contributed by atoms with van der Waals surface area (Å²) in [6.45, 7) is 5.08. The van der Waals surface area contributed by atoms with Crippen molar-refractivity contribution < 1.29 is 4.42 Å². The second-order valence-corrected chi connectivity index (χ2v) is 5.23. The highest BCUT2D eigenvalue weighted by atomic mass is 16.3. The lowest BCUT2D eigenvalue weighted by atomic mass is 9.97. The number of likely N-dealkylation sites (N-methyl/N-ethyl adjacent to an activating group) is 1. The molecule has 1 aromatic carbocycles. The monoisotopic (exact) mass is 280 g/mol. The summed E-state index contributed by atoms with van der Waals surface area (Å²) in [7, 11) is 0. The van der Waals surface area contributed by atoms with Gasteiger partial charge in [-0.25, -0.2) is 0 Å². The minimum atomic E-state index is 0.263. The Kier molecular flexibility index (Phi) is 4.02. The number of aromatic nitrogens is 1. The predicted octanol–water partition coefficient (Wildman–Crippen LogP) is 4.03. The zero-order chi connectivity index (χ0) is 14.7. The van der Waals surface area contributed by atoms with E-state index in [0.717, 1.165) is 24.2 Å². The van der Waals surface area contributed by atoms with Crippen molar-refractivity contribution in [2.75, 3.05) is 6.54 Å². The maximum Gasteiger partial charge on any atom is 0.105 e. The molecule has 3 nitrogen and oxygen atoms in total. The highest BCUT2D eigenvalue weighted by Gasteiger charge is 2.16. The molecule has 0 saturated heterocycles. The molecule has 0 radical (unpaired) electrons. The highest BCUT2D eigenvalue weighted by molar-refractivity contribution is 5.81. The zero-order valence-electron chi connectivity index (χ0n) is 12.5. The van der Waals surface area contributed by atoms with Crippen LogP contribution in [-0.4, -0.2) is 11.5 Å². The Bertz CT molecular complexity index is 727. The van der Waals surface area contributed by atoms with E-state index in [0.29, 0.717) is 0 Å². The van der Waals surface area contributed by atoms with Gasteiger partial charge in [0.25, 0.3) is 0 Å². The SMILES string of the molecule is CCNC(Cc1ccnc2ccccc12)c1ccoc1C. The Morgan fingerprint density at radius 2 is 2.05 bits per heavy atom. The van der Waals surface area contributed by atoms with Gasteiger partial charge >= 0.3 is 0 Å². The van der Waals surface area contributed by atoms with Crippen LogP contribution < -0.4 is 5.32 Å². The number of nitrogens with one attached hydrogen (secondary N) is 1. The van der Waals surface area contributed by atoms with E-state index in [4.69, 9.17) is 4.42 Å². The summed E-state index contributed by atoms with van der Waals surface area (Å²) >= 11 is 0. The molecule has 0 aliphatic carbocycles. The van der Waals surface area contributed by atoms with Crippen LogP contribution >= 0.6 is 0 Å². The second-order valence-electron chi connectivity index (χ2n) is 5.23. The lowest BCUT2D eigenvalue weighted by Gasteiger charge is -2.18. The molecule has 0 spiro atoms. The minimum absolute atomic E-state index is 0.263. The van der Waals surface area contributed by atoms with Crippen molar-refractivity contribution >= 4 is 10.9 Å². The Hall–Kier alpha value is -2.13. The molecule has 21 heavy (non-hydrogen) atoms. The highest BCUT2D eigenvalue weighted by Crippen LogP contribution is 2.26. The van der Waals surface area contributed by atoms with E-state index in [9.17, 15) is 0 Å². The predicted molar refractivity (Wildman–Crippen MR) is 85.3 cm³/mol. The van der Waals surface area contributed by atoms with Crippen molar-refractivity contribution in [1.82, 2.24) is 10.3 Å². The van der Waals surface area contributed by atoms with Crippen molar-refractivity contribution in [3.05, 3.63) is 65.7 Å². The first-order chi connectivity index (χ1) is 10.3. The number of pyridine rings is 1. The molecule has 0 bridgehead atoms. The van der Waals surface area contributed by atoms with Gasteiger partial charge in [-0.05, 0) is 43.7 Å². The van der Waals surface area contributed by atoms with Crippen molar-refractivity contribution in [2.24, 2.45) is 0 Å². The Morgan fingerprint density at radius 3 is 2.81 bits per heavy atom. The first-order valence-corrected chi connectivity index (χ1v) is 7.39. The number of aryl methyl sites for hydroxylation is 1. The Morgan fingerprint density at radius 1 is 1.19 bits per heavy atom. The van der Waals surface area contributed by atoms with E-state index >= 15 is 0 Å². The molecule has 1 N–H and O–H groups in total. The van der Waals surface area contributed by atoms with Gasteiger partial charge in [0.1, 0.15) is 5.76 Å². The van der Waals surface area contributed by atoms with Crippen LogP contribution in [0.1, 0.15) is 29.9 Å². The summed E-state index contributed by atoms with van der Waals surface area (Å²) in [5, 5.41) is 4.78. The number of benzene rings is 1. The van der Waals surface area contributed by atoms with Crippen molar-refractivity contribution in [3.63, 3.8) is 0 Å². The molecule has 0 fully saturated rings. The smallest absolute Gasteiger partial charge is 0.105 e. The van der Waals surface area contributed by atoms with Gasteiger partial charge in [0.15, 0.2) is 0 Å². The second kappa shape index (κ2) is 6.10. The number of fused-ring (bicyclic) bond motifs is 1. The van der Waals surface area contributed by atoms with Crippen LogP contribution in [0.2, 0.25) is 0 Å². The molecule has 1 atom stereocenters. The van der Waals surface area contributed by atoms with E-state index < -0.39 is 0 Å². The number of para-hydroxylation sites is 1. The molecule has 3 heteroatoms. The van der Waals surface area contributed by atoms with E-state index in [1.807, 2.05) is 19.2 Å². The van der Waals surface area contributed by atoms with Crippen LogP contribution in [0.5, 0.6) is 0 Å². The number of hydrogen-bond donors (Lipinski definition) is 1. The fourth-order valence-electron chi connectivity index (χ4n) is 2.85. The fraction of sp³-hybridized carbons (Fsp3) is 0.278. The van der Waals surface area contributed by atoms with Gasteiger partial charge in [-0.1, -0.05) is 25.1 Å². The van der Waals surface area contributed by atoms with Gasteiger partial charge in [0, 0.05) is 23.2 Å². The molecule has 0 aliphatic heterocycles. The lowest BCUT2D eigenvalue weighted by molar-refractivity contribution is 0.502. The average Bonchev–Trinajstić information content (AvgIpc) is 2.93. The number of hydrogen-bond acceptors (Lipinski definition) is 3. The number of furan rings is 1. The van der Waals surface area contributed by atoms with Crippen LogP contribution in [0.25, 0.3) is 10.9 Å². The van der Waals surface area contributed by atoms with Crippen LogP contribution in [0, 0.1) is 6.92 Å². The third-order valence-corrected chi connectivity index (χ3v) is 3.89. The van der Waals surface area contributed by atoms with Crippen LogP contribution in [0.4, 0.5) is 0 Å². The molecule has 0 saturated carbocycles. The van der Waals surface area contributed by atoms with E-state index in [1.165, 1.54) is 16.5 Å². The van der Waals surface area contributed by atoms with Gasteiger partial charge in [0.2, 0.25) is 0 Å². The van der Waals surface area contributed by atoms with E-state index in [2.05, 4.69) is 47.6 Å². The summed E-state index contributed by atoms with van der Waals surface area (Å²) in [5.74, 6) is 0.985. The summed E-state index contributed by atoms with van der Waals surface area (Å²) in [5.41, 5.74) is 3.60. The number of nitrogens with zero attached hydrogens (tertiary/aromatic N) is 1. The maximum atomic E-state index is 5.46. The van der Waals surface area contributed by atoms with Gasteiger partial charge in [-0.15, -0.1) is 0 Å². The molecule has 2 aromatic heterocycles. The van der Waals surface area contributed by atoms with Crippen molar-refractivity contribution in [2.45, 2.75) is 26.3 Å². The Labute approximate surface area is 125 Å². The standard InChI is InChI=1S/C18H20N2O/c1-3-19-18(15-9-11-21-13(15)2)12-14-8-10-20-17-7-5-4-6-16(14)17/h4-11,18-19H,3,12H2,1-2H3. The average molecular weight is 280 g/mol. The van der Waals surface area contributed by atoms with Crippen LogP contribution in [0.3, 0.4) is 0 Å². The largest absolute Gasteiger partial charge is 0.469 e. The third-order valence-electron chi connectivity index (χ3n) is 3.89. The first-order valence-electron chi connectivity index (χ1n) is 7.39.